The van der Waals surface area contributed by atoms with E-state index in [1.165, 1.54) is 66.1 Å². The monoisotopic (exact) mass is 494 g/mol. The van der Waals surface area contributed by atoms with Crippen LogP contribution in [0.5, 0.6) is 11.5 Å². The Kier molecular flexibility index (Phi) is 6.09. The molecule has 2 heteroatoms. The number of rotatable bonds is 5. The smallest absolute Gasteiger partial charge is 0.118 e. The first kappa shape index (κ1) is 23.8. The average molecular weight is 495 g/mol. The molecule has 0 aliphatic heterocycles. The van der Waals surface area contributed by atoms with Crippen molar-refractivity contribution in [2.45, 2.75) is 13.8 Å². The molecule has 6 aromatic rings. The summed E-state index contributed by atoms with van der Waals surface area (Å²) in [7, 11) is 3.41. The summed E-state index contributed by atoms with van der Waals surface area (Å²) in [6, 6.07) is 38.9. The van der Waals surface area contributed by atoms with Gasteiger partial charge in [-0.1, -0.05) is 72.8 Å². The molecule has 0 bridgehead atoms. The van der Waals surface area contributed by atoms with Crippen LogP contribution in [0.2, 0.25) is 0 Å². The molecule has 0 radical (unpaired) electrons. The number of hydrogen-bond donors (Lipinski definition) is 0. The summed E-state index contributed by atoms with van der Waals surface area (Å²) >= 11 is 0. The summed E-state index contributed by atoms with van der Waals surface area (Å²) in [6.07, 6.45) is 0. The molecule has 0 aliphatic rings. The topological polar surface area (TPSA) is 18.5 Å². The standard InChI is InChI=1S/C36H30O2/c1-23-33(25-13-17-29(37-3)18-14-25)21-27-9-5-7-11-31(27)35(23)36-24(2)34(22-28-10-6-8-12-32(28)36)26-15-19-30(38-4)20-16-26/h5-22H,1-4H3. The van der Waals surface area contributed by atoms with Crippen molar-refractivity contribution in [1.29, 1.82) is 0 Å². The molecular weight excluding hydrogens is 464 g/mol. The molecular formula is C36H30O2. The third-order valence-corrected chi connectivity index (χ3v) is 7.67. The number of fused-ring (bicyclic) bond motifs is 2. The van der Waals surface area contributed by atoms with E-state index in [0.717, 1.165) is 11.5 Å². The van der Waals surface area contributed by atoms with Crippen LogP contribution in [0.1, 0.15) is 11.1 Å². The Morgan fingerprint density at radius 3 is 1.18 bits per heavy atom. The van der Waals surface area contributed by atoms with E-state index in [4.69, 9.17) is 9.47 Å². The normalized spacial score (nSPS) is 11.2. The van der Waals surface area contributed by atoms with Crippen molar-refractivity contribution in [3.8, 4) is 44.9 Å². The van der Waals surface area contributed by atoms with E-state index in [0.29, 0.717) is 0 Å². The first-order valence-electron chi connectivity index (χ1n) is 12.9. The Bertz CT molecular complexity index is 1640. The Morgan fingerprint density at radius 1 is 0.447 bits per heavy atom. The van der Waals surface area contributed by atoms with Crippen LogP contribution in [0.4, 0.5) is 0 Å². The zero-order valence-corrected chi connectivity index (χ0v) is 22.2. The number of hydrogen-bond acceptors (Lipinski definition) is 2. The summed E-state index contributed by atoms with van der Waals surface area (Å²) in [5, 5.41) is 5.00. The van der Waals surface area contributed by atoms with Crippen molar-refractivity contribution in [3.63, 3.8) is 0 Å². The molecule has 0 saturated carbocycles. The van der Waals surface area contributed by atoms with Gasteiger partial charge in [0.25, 0.3) is 0 Å². The fourth-order valence-electron chi connectivity index (χ4n) is 5.69. The van der Waals surface area contributed by atoms with Gasteiger partial charge in [-0.15, -0.1) is 0 Å². The minimum atomic E-state index is 0.862. The molecule has 0 N–H and O–H groups in total. The van der Waals surface area contributed by atoms with E-state index in [-0.39, 0.29) is 0 Å². The average Bonchev–Trinajstić information content (AvgIpc) is 2.97. The summed E-state index contributed by atoms with van der Waals surface area (Å²) in [5.41, 5.74) is 9.96. The van der Waals surface area contributed by atoms with Crippen molar-refractivity contribution in [1.82, 2.24) is 0 Å². The lowest BCUT2D eigenvalue weighted by Gasteiger charge is -2.22. The maximum absolute atomic E-state index is 5.42. The molecule has 2 nitrogen and oxygen atoms in total. The van der Waals surface area contributed by atoms with Crippen molar-refractivity contribution >= 4 is 21.5 Å². The molecule has 0 fully saturated rings. The van der Waals surface area contributed by atoms with E-state index in [1.807, 2.05) is 24.3 Å². The summed E-state index contributed by atoms with van der Waals surface area (Å²) < 4.78 is 10.8. The SMILES string of the molecule is COc1ccc(-c2cc3ccccc3c(-c3c(C)c(-c4ccc(OC)cc4)cc4ccccc34)c2C)cc1. The first-order chi connectivity index (χ1) is 18.6. The van der Waals surface area contributed by atoms with E-state index >= 15 is 0 Å². The Morgan fingerprint density at radius 2 is 0.816 bits per heavy atom. The van der Waals surface area contributed by atoms with Crippen molar-refractivity contribution in [3.05, 3.63) is 120 Å². The molecule has 6 rings (SSSR count). The molecule has 6 aromatic carbocycles. The van der Waals surface area contributed by atoms with Gasteiger partial charge < -0.3 is 9.47 Å². The van der Waals surface area contributed by atoms with Crippen LogP contribution in [0.25, 0.3) is 54.9 Å². The van der Waals surface area contributed by atoms with Gasteiger partial charge in [0.2, 0.25) is 0 Å². The summed E-state index contributed by atoms with van der Waals surface area (Å²) in [6.45, 7) is 4.52. The number of benzene rings is 6. The molecule has 0 aliphatic carbocycles. The van der Waals surface area contributed by atoms with Gasteiger partial charge in [-0.05, 0) is 116 Å². The molecule has 0 saturated heterocycles. The third-order valence-electron chi connectivity index (χ3n) is 7.67. The van der Waals surface area contributed by atoms with Gasteiger partial charge in [0.1, 0.15) is 11.5 Å². The minimum Gasteiger partial charge on any atom is -0.497 e. The van der Waals surface area contributed by atoms with Crippen LogP contribution in [0.15, 0.2) is 109 Å². The first-order valence-corrected chi connectivity index (χ1v) is 12.9. The zero-order chi connectivity index (χ0) is 26.2. The minimum absolute atomic E-state index is 0.862. The van der Waals surface area contributed by atoms with Gasteiger partial charge >= 0.3 is 0 Å². The van der Waals surface area contributed by atoms with Gasteiger partial charge in [-0.3, -0.25) is 0 Å². The van der Waals surface area contributed by atoms with Crippen molar-refractivity contribution < 1.29 is 9.47 Å². The maximum atomic E-state index is 5.42. The second-order valence-corrected chi connectivity index (χ2v) is 9.75. The maximum Gasteiger partial charge on any atom is 0.118 e. The van der Waals surface area contributed by atoms with Crippen LogP contribution in [0.3, 0.4) is 0 Å². The fourth-order valence-corrected chi connectivity index (χ4v) is 5.69. The number of ether oxygens (including phenoxy) is 2. The van der Waals surface area contributed by atoms with Gasteiger partial charge in [0.15, 0.2) is 0 Å². The quantitative estimate of drug-likeness (QED) is 0.237. The second kappa shape index (κ2) is 9.72. The molecule has 0 atom stereocenters. The van der Waals surface area contributed by atoms with E-state index < -0.39 is 0 Å². The predicted octanol–water partition coefficient (Wildman–Crippen LogP) is 9.63. The predicted molar refractivity (Wildman–Crippen MR) is 160 cm³/mol. The van der Waals surface area contributed by atoms with Crippen LogP contribution in [0, 0.1) is 13.8 Å². The molecule has 0 amide bonds. The summed E-state index contributed by atoms with van der Waals surface area (Å²) in [4.78, 5) is 0. The van der Waals surface area contributed by atoms with Crippen LogP contribution < -0.4 is 9.47 Å². The molecule has 0 unspecified atom stereocenters. The third kappa shape index (κ3) is 3.99. The molecule has 186 valence electrons. The van der Waals surface area contributed by atoms with Crippen LogP contribution in [-0.2, 0) is 0 Å². The molecule has 38 heavy (non-hydrogen) atoms. The van der Waals surface area contributed by atoms with E-state index in [9.17, 15) is 0 Å². The van der Waals surface area contributed by atoms with Crippen LogP contribution in [-0.4, -0.2) is 14.2 Å². The van der Waals surface area contributed by atoms with Gasteiger partial charge in [0.05, 0.1) is 14.2 Å². The molecule has 0 aromatic heterocycles. The highest BCUT2D eigenvalue weighted by Gasteiger charge is 2.20. The lowest BCUT2D eigenvalue weighted by molar-refractivity contribution is 0.415. The Hall–Kier alpha value is -4.56. The van der Waals surface area contributed by atoms with Gasteiger partial charge in [-0.25, -0.2) is 0 Å². The second-order valence-electron chi connectivity index (χ2n) is 9.75. The zero-order valence-electron chi connectivity index (χ0n) is 22.2. The highest BCUT2D eigenvalue weighted by Crippen LogP contribution is 2.45. The van der Waals surface area contributed by atoms with Gasteiger partial charge in [0, 0.05) is 0 Å². The largest absolute Gasteiger partial charge is 0.497 e. The van der Waals surface area contributed by atoms with Gasteiger partial charge in [-0.2, -0.15) is 0 Å². The fraction of sp³-hybridized carbons (Fsp3) is 0.111. The molecule has 0 spiro atoms. The number of methoxy groups -OCH3 is 2. The highest BCUT2D eigenvalue weighted by molar-refractivity contribution is 6.11. The van der Waals surface area contributed by atoms with Crippen molar-refractivity contribution in [2.75, 3.05) is 14.2 Å². The lowest BCUT2D eigenvalue weighted by atomic mass is 9.82. The Labute approximate surface area is 224 Å². The Balaban J connectivity index is 1.70. The highest BCUT2D eigenvalue weighted by atomic mass is 16.5. The molecule has 0 heterocycles. The van der Waals surface area contributed by atoms with Crippen LogP contribution >= 0.6 is 0 Å². The van der Waals surface area contributed by atoms with Crippen molar-refractivity contribution in [2.24, 2.45) is 0 Å². The van der Waals surface area contributed by atoms with E-state index in [2.05, 4.69) is 98.8 Å². The van der Waals surface area contributed by atoms with E-state index in [1.54, 1.807) is 14.2 Å². The summed E-state index contributed by atoms with van der Waals surface area (Å²) in [5.74, 6) is 1.72. The lowest BCUT2D eigenvalue weighted by Crippen LogP contribution is -1.97.